The first-order valence-corrected chi connectivity index (χ1v) is 9.58. The molecule has 4 rings (SSSR count). The van der Waals surface area contributed by atoms with E-state index in [0.29, 0.717) is 23.6 Å². The predicted octanol–water partition coefficient (Wildman–Crippen LogP) is 0.684. The van der Waals surface area contributed by atoms with Crippen molar-refractivity contribution in [2.75, 3.05) is 18.9 Å². The molecule has 0 spiro atoms. The van der Waals surface area contributed by atoms with Crippen LogP contribution in [0.2, 0.25) is 0 Å². The fourth-order valence-electron chi connectivity index (χ4n) is 3.86. The van der Waals surface area contributed by atoms with Gasteiger partial charge in [0.05, 0.1) is 19.5 Å². The number of aromatic nitrogens is 4. The summed E-state index contributed by atoms with van der Waals surface area (Å²) in [5, 5.41) is 37.9. The minimum Gasteiger partial charge on any atom is -0.394 e. The molecule has 152 valence electrons. The van der Waals surface area contributed by atoms with Crippen LogP contribution in [-0.2, 0) is 4.74 Å². The molecule has 28 heavy (non-hydrogen) atoms. The maximum Gasteiger partial charge on any atom is 0.272 e. The van der Waals surface area contributed by atoms with Gasteiger partial charge in [0.25, 0.3) is 5.95 Å². The molecule has 0 aromatic carbocycles. The molecule has 2 aromatic rings. The zero-order valence-electron chi connectivity index (χ0n) is 15.4. The number of hydrogen-bond donors (Lipinski definition) is 4. The molecule has 2 aliphatic rings. The lowest BCUT2D eigenvalue weighted by molar-refractivity contribution is -0.0511. The molecular formula is C17H25N7O4. The van der Waals surface area contributed by atoms with Gasteiger partial charge < -0.3 is 25.8 Å². The van der Waals surface area contributed by atoms with Gasteiger partial charge in [-0.2, -0.15) is 15.1 Å². The SMILES string of the molecule is Nc1nc(N=NCC2CCCCC2)nc2c1ncn2[C@@H]1O[C@H](CO)[C@H](O)C1O. The van der Waals surface area contributed by atoms with Crippen molar-refractivity contribution < 1.29 is 20.1 Å². The molecule has 5 N–H and O–H groups in total. The Labute approximate surface area is 161 Å². The van der Waals surface area contributed by atoms with Crippen molar-refractivity contribution in [1.29, 1.82) is 0 Å². The lowest BCUT2D eigenvalue weighted by Crippen LogP contribution is -2.33. The topological polar surface area (TPSA) is 164 Å². The predicted molar refractivity (Wildman–Crippen MR) is 98.7 cm³/mol. The van der Waals surface area contributed by atoms with Gasteiger partial charge in [0, 0.05) is 0 Å². The molecule has 0 bridgehead atoms. The van der Waals surface area contributed by atoms with Crippen molar-refractivity contribution in [3.8, 4) is 0 Å². The van der Waals surface area contributed by atoms with Crippen LogP contribution in [0.3, 0.4) is 0 Å². The van der Waals surface area contributed by atoms with Crippen LogP contribution in [0.25, 0.3) is 11.2 Å². The summed E-state index contributed by atoms with van der Waals surface area (Å²) in [6.07, 6.45) is 3.16. The second-order valence-corrected chi connectivity index (χ2v) is 7.39. The van der Waals surface area contributed by atoms with Gasteiger partial charge in [-0.3, -0.25) is 4.57 Å². The van der Waals surface area contributed by atoms with Crippen molar-refractivity contribution in [3.05, 3.63) is 6.33 Å². The molecule has 1 aliphatic carbocycles. The standard InChI is InChI=1S/C17H25N7O4/c18-14-11-15(22-17(21-14)23-20-6-9-4-2-1-3-5-9)24(8-19-11)16-13(27)12(26)10(7-25)28-16/h8-10,12-13,16,25-27H,1-7H2,(H2,18,21,22)/t10-,12+,13?,16-/m1/s1. The largest absolute Gasteiger partial charge is 0.394 e. The van der Waals surface area contributed by atoms with Crippen LogP contribution < -0.4 is 5.73 Å². The Morgan fingerprint density at radius 3 is 2.68 bits per heavy atom. The minimum atomic E-state index is -1.25. The summed E-state index contributed by atoms with van der Waals surface area (Å²) in [5.41, 5.74) is 6.63. The van der Waals surface area contributed by atoms with Crippen molar-refractivity contribution in [1.82, 2.24) is 19.5 Å². The summed E-state index contributed by atoms with van der Waals surface area (Å²) in [6, 6.07) is 0. The quantitative estimate of drug-likeness (QED) is 0.540. The van der Waals surface area contributed by atoms with E-state index in [2.05, 4.69) is 25.2 Å². The van der Waals surface area contributed by atoms with Gasteiger partial charge in [-0.05, 0) is 18.8 Å². The number of imidazole rings is 1. The number of aliphatic hydroxyl groups excluding tert-OH is 3. The van der Waals surface area contributed by atoms with E-state index in [1.807, 2.05) is 0 Å². The molecule has 1 aliphatic heterocycles. The van der Waals surface area contributed by atoms with Crippen LogP contribution in [0.1, 0.15) is 38.3 Å². The summed E-state index contributed by atoms with van der Waals surface area (Å²) in [7, 11) is 0. The van der Waals surface area contributed by atoms with Crippen LogP contribution >= 0.6 is 0 Å². The summed E-state index contributed by atoms with van der Waals surface area (Å²) in [5.74, 6) is 0.791. The zero-order valence-corrected chi connectivity index (χ0v) is 15.4. The summed E-state index contributed by atoms with van der Waals surface area (Å²) >= 11 is 0. The maximum atomic E-state index is 10.3. The molecule has 11 nitrogen and oxygen atoms in total. The highest BCUT2D eigenvalue weighted by Crippen LogP contribution is 2.32. The number of nitrogen functional groups attached to an aromatic ring is 1. The first-order valence-electron chi connectivity index (χ1n) is 9.58. The normalized spacial score (nSPS) is 29.2. The van der Waals surface area contributed by atoms with E-state index in [4.69, 9.17) is 10.5 Å². The molecule has 11 heteroatoms. The summed E-state index contributed by atoms with van der Waals surface area (Å²) in [6.45, 7) is 0.217. The van der Waals surface area contributed by atoms with E-state index >= 15 is 0 Å². The Morgan fingerprint density at radius 2 is 1.96 bits per heavy atom. The van der Waals surface area contributed by atoms with Crippen LogP contribution in [0.15, 0.2) is 16.6 Å². The fourth-order valence-corrected chi connectivity index (χ4v) is 3.86. The number of rotatable bonds is 5. The highest BCUT2D eigenvalue weighted by atomic mass is 16.6. The molecular weight excluding hydrogens is 366 g/mol. The third-order valence-corrected chi connectivity index (χ3v) is 5.45. The first-order chi connectivity index (χ1) is 13.6. The number of nitrogens with two attached hydrogens (primary N) is 1. The Morgan fingerprint density at radius 1 is 1.18 bits per heavy atom. The third-order valence-electron chi connectivity index (χ3n) is 5.45. The van der Waals surface area contributed by atoms with E-state index < -0.39 is 31.1 Å². The van der Waals surface area contributed by atoms with Crippen molar-refractivity contribution in [2.24, 2.45) is 16.1 Å². The van der Waals surface area contributed by atoms with Crippen LogP contribution in [0.5, 0.6) is 0 Å². The minimum absolute atomic E-state index is 0.106. The second kappa shape index (κ2) is 8.03. The number of ether oxygens (including phenoxy) is 1. The number of azo groups is 1. The Kier molecular flexibility index (Phi) is 5.49. The molecule has 1 saturated carbocycles. The Hall–Kier alpha value is -2.21. The van der Waals surface area contributed by atoms with Gasteiger partial charge in [0.15, 0.2) is 17.7 Å². The van der Waals surface area contributed by atoms with Crippen molar-refractivity contribution in [2.45, 2.75) is 56.6 Å². The molecule has 4 atom stereocenters. The number of hydrogen-bond acceptors (Lipinski definition) is 10. The van der Waals surface area contributed by atoms with Crippen molar-refractivity contribution in [3.63, 3.8) is 0 Å². The van der Waals surface area contributed by atoms with E-state index in [1.54, 1.807) is 0 Å². The van der Waals surface area contributed by atoms with E-state index in [-0.39, 0.29) is 11.8 Å². The average molecular weight is 391 g/mol. The molecule has 0 radical (unpaired) electrons. The Bertz CT molecular complexity index is 851. The maximum absolute atomic E-state index is 10.3. The summed E-state index contributed by atoms with van der Waals surface area (Å²) < 4.78 is 7.00. The lowest BCUT2D eigenvalue weighted by atomic mass is 9.89. The van der Waals surface area contributed by atoms with Crippen LogP contribution in [0, 0.1) is 5.92 Å². The second-order valence-electron chi connectivity index (χ2n) is 7.39. The molecule has 0 amide bonds. The summed E-state index contributed by atoms with van der Waals surface area (Å²) in [4.78, 5) is 12.6. The number of anilines is 1. The highest BCUT2D eigenvalue weighted by Gasteiger charge is 2.44. The van der Waals surface area contributed by atoms with Gasteiger partial charge in [-0.15, -0.1) is 5.11 Å². The zero-order chi connectivity index (χ0) is 19.7. The van der Waals surface area contributed by atoms with Gasteiger partial charge in [-0.25, -0.2) is 4.98 Å². The van der Waals surface area contributed by atoms with Crippen LogP contribution in [0.4, 0.5) is 11.8 Å². The van der Waals surface area contributed by atoms with Gasteiger partial charge >= 0.3 is 0 Å². The molecule has 3 heterocycles. The third kappa shape index (κ3) is 3.58. The molecule has 2 fully saturated rings. The monoisotopic (exact) mass is 391 g/mol. The molecule has 2 aromatic heterocycles. The van der Waals surface area contributed by atoms with Gasteiger partial charge in [0.1, 0.15) is 23.8 Å². The van der Waals surface area contributed by atoms with Gasteiger partial charge in [-0.1, -0.05) is 19.3 Å². The molecule has 1 unspecified atom stereocenters. The van der Waals surface area contributed by atoms with E-state index in [9.17, 15) is 15.3 Å². The highest BCUT2D eigenvalue weighted by molar-refractivity contribution is 5.82. The van der Waals surface area contributed by atoms with E-state index in [1.165, 1.54) is 43.0 Å². The van der Waals surface area contributed by atoms with Crippen molar-refractivity contribution >= 4 is 22.9 Å². The lowest BCUT2D eigenvalue weighted by Gasteiger charge is -2.18. The van der Waals surface area contributed by atoms with Crippen LogP contribution in [-0.4, -0.2) is 66.3 Å². The van der Waals surface area contributed by atoms with Gasteiger partial charge in [0.2, 0.25) is 0 Å². The number of nitrogens with zero attached hydrogens (tertiary/aromatic N) is 6. The number of fused-ring (bicyclic) bond motifs is 1. The molecule has 1 saturated heterocycles. The smallest absolute Gasteiger partial charge is 0.272 e. The van der Waals surface area contributed by atoms with E-state index in [0.717, 1.165) is 0 Å². The fraction of sp³-hybridized carbons (Fsp3) is 0.706. The number of aliphatic hydroxyl groups is 3. The average Bonchev–Trinajstić information content (AvgIpc) is 3.24. The Balaban J connectivity index is 1.58. The first kappa shape index (κ1) is 19.1.